The van der Waals surface area contributed by atoms with Crippen LogP contribution in [0.15, 0.2) is 42.6 Å². The fourth-order valence-electron chi connectivity index (χ4n) is 4.85. The Morgan fingerprint density at radius 2 is 1.62 bits per heavy atom. The van der Waals surface area contributed by atoms with E-state index in [4.69, 9.17) is 4.98 Å². The molecule has 0 aliphatic carbocycles. The number of hydrogen-bond acceptors (Lipinski definition) is 5. The van der Waals surface area contributed by atoms with Crippen LogP contribution >= 0.6 is 0 Å². The van der Waals surface area contributed by atoms with Gasteiger partial charge < -0.3 is 9.80 Å². The van der Waals surface area contributed by atoms with Crippen molar-refractivity contribution >= 4 is 16.9 Å². The van der Waals surface area contributed by atoms with Gasteiger partial charge in [0.25, 0.3) is 5.91 Å². The van der Waals surface area contributed by atoms with Crippen LogP contribution in [0.25, 0.3) is 22.3 Å². The number of piperazine rings is 1. The van der Waals surface area contributed by atoms with E-state index in [9.17, 15) is 4.79 Å². The number of carbonyl (C=O) groups excluding carboxylic acids is 1. The highest BCUT2D eigenvalue weighted by molar-refractivity contribution is 6.06. The van der Waals surface area contributed by atoms with Crippen molar-refractivity contribution in [1.29, 1.82) is 0 Å². The first-order chi connectivity index (χ1) is 15.7. The van der Waals surface area contributed by atoms with Crippen molar-refractivity contribution in [3.05, 3.63) is 48.2 Å². The van der Waals surface area contributed by atoms with Gasteiger partial charge in [-0.2, -0.15) is 5.10 Å². The summed E-state index contributed by atoms with van der Waals surface area (Å²) in [5, 5.41) is 5.32. The fourth-order valence-corrected chi connectivity index (χ4v) is 4.85. The van der Waals surface area contributed by atoms with Crippen LogP contribution < -0.4 is 0 Å². The minimum atomic E-state index is 0.0874. The Kier molecular flexibility index (Phi) is 6.19. The van der Waals surface area contributed by atoms with Crippen molar-refractivity contribution in [2.75, 3.05) is 52.4 Å². The van der Waals surface area contributed by atoms with E-state index in [2.05, 4.69) is 14.9 Å². The number of amides is 1. The van der Waals surface area contributed by atoms with Gasteiger partial charge in [-0.05, 0) is 38.9 Å². The number of aryl methyl sites for hydroxylation is 1. The first-order valence-corrected chi connectivity index (χ1v) is 11.9. The molecular formula is C25H32N6O. The summed E-state index contributed by atoms with van der Waals surface area (Å²) in [4.78, 5) is 25.5. The molecule has 0 atom stereocenters. The zero-order chi connectivity index (χ0) is 21.9. The van der Waals surface area contributed by atoms with Gasteiger partial charge in [0.05, 0.1) is 22.8 Å². The van der Waals surface area contributed by atoms with Gasteiger partial charge in [0.15, 0.2) is 5.65 Å². The van der Waals surface area contributed by atoms with Crippen molar-refractivity contribution in [2.45, 2.75) is 26.3 Å². The van der Waals surface area contributed by atoms with Crippen molar-refractivity contribution in [3.63, 3.8) is 0 Å². The van der Waals surface area contributed by atoms with Gasteiger partial charge in [-0.15, -0.1) is 0 Å². The summed E-state index contributed by atoms with van der Waals surface area (Å²) in [5.41, 5.74) is 3.32. The first kappa shape index (κ1) is 21.1. The Morgan fingerprint density at radius 3 is 2.31 bits per heavy atom. The zero-order valence-electron chi connectivity index (χ0n) is 18.9. The van der Waals surface area contributed by atoms with Crippen molar-refractivity contribution in [2.24, 2.45) is 0 Å². The standard InChI is InChI=1S/C25H32N6O/c1-2-31-24-22(19-26-31)21(18-23(27-24)20-8-4-3-5-9-20)25(32)30-16-14-29(15-17-30)13-12-28-10-6-7-11-28/h3-5,8-9,18-19H,2,6-7,10-17H2,1H3. The number of benzene rings is 1. The molecule has 1 amide bonds. The van der Waals surface area contributed by atoms with Crippen LogP contribution in [0.2, 0.25) is 0 Å². The maximum Gasteiger partial charge on any atom is 0.254 e. The van der Waals surface area contributed by atoms with E-state index in [-0.39, 0.29) is 5.91 Å². The van der Waals surface area contributed by atoms with Crippen LogP contribution in [0.5, 0.6) is 0 Å². The molecule has 1 aromatic carbocycles. The molecule has 2 aliphatic heterocycles. The third-order valence-electron chi connectivity index (χ3n) is 6.80. The lowest BCUT2D eigenvalue weighted by Gasteiger charge is -2.35. The highest BCUT2D eigenvalue weighted by atomic mass is 16.2. The van der Waals surface area contributed by atoms with E-state index in [0.717, 1.165) is 68.1 Å². The minimum absolute atomic E-state index is 0.0874. The predicted octanol–water partition coefficient (Wildman–Crippen LogP) is 2.97. The molecule has 0 bridgehead atoms. The molecule has 0 unspecified atom stereocenters. The summed E-state index contributed by atoms with van der Waals surface area (Å²) in [6, 6.07) is 12.0. The topological polar surface area (TPSA) is 57.5 Å². The van der Waals surface area contributed by atoms with Gasteiger partial charge in [0, 0.05) is 51.4 Å². The Hall–Kier alpha value is -2.77. The molecule has 2 aromatic heterocycles. The van der Waals surface area contributed by atoms with E-state index in [1.54, 1.807) is 6.20 Å². The average Bonchev–Trinajstić information content (AvgIpc) is 3.52. The number of hydrogen-bond donors (Lipinski definition) is 0. The Morgan fingerprint density at radius 1 is 0.938 bits per heavy atom. The van der Waals surface area contributed by atoms with Gasteiger partial charge in [0.2, 0.25) is 0 Å². The quantitative estimate of drug-likeness (QED) is 0.599. The first-order valence-electron chi connectivity index (χ1n) is 11.9. The van der Waals surface area contributed by atoms with Gasteiger partial charge >= 0.3 is 0 Å². The summed E-state index contributed by atoms with van der Waals surface area (Å²) in [7, 11) is 0. The lowest BCUT2D eigenvalue weighted by atomic mass is 10.1. The minimum Gasteiger partial charge on any atom is -0.336 e. The van der Waals surface area contributed by atoms with Crippen molar-refractivity contribution < 1.29 is 4.79 Å². The van der Waals surface area contributed by atoms with E-state index in [0.29, 0.717) is 5.56 Å². The molecule has 2 aliphatic rings. The number of fused-ring (bicyclic) bond motifs is 1. The summed E-state index contributed by atoms with van der Waals surface area (Å²) in [5.74, 6) is 0.0874. The summed E-state index contributed by atoms with van der Waals surface area (Å²) < 4.78 is 1.87. The number of aromatic nitrogens is 3. The molecule has 168 valence electrons. The second-order valence-electron chi connectivity index (χ2n) is 8.80. The second kappa shape index (κ2) is 9.38. The van der Waals surface area contributed by atoms with E-state index in [1.165, 1.54) is 25.9 Å². The smallest absolute Gasteiger partial charge is 0.254 e. The number of nitrogens with zero attached hydrogens (tertiary/aromatic N) is 6. The Labute approximate surface area is 189 Å². The molecule has 2 fully saturated rings. The van der Waals surface area contributed by atoms with Crippen LogP contribution in [0, 0.1) is 0 Å². The predicted molar refractivity (Wildman–Crippen MR) is 127 cm³/mol. The largest absolute Gasteiger partial charge is 0.336 e. The van der Waals surface area contributed by atoms with Gasteiger partial charge in [-0.25, -0.2) is 9.67 Å². The zero-order valence-corrected chi connectivity index (χ0v) is 18.9. The lowest BCUT2D eigenvalue weighted by Crippen LogP contribution is -2.50. The Balaban J connectivity index is 1.34. The number of likely N-dealkylation sites (tertiary alicyclic amines) is 1. The second-order valence-corrected chi connectivity index (χ2v) is 8.80. The number of carbonyl (C=O) groups is 1. The average molecular weight is 433 g/mol. The van der Waals surface area contributed by atoms with Crippen molar-refractivity contribution in [3.8, 4) is 11.3 Å². The third-order valence-corrected chi connectivity index (χ3v) is 6.80. The molecule has 0 saturated carbocycles. The van der Waals surface area contributed by atoms with Crippen LogP contribution in [0.3, 0.4) is 0 Å². The van der Waals surface area contributed by atoms with Crippen LogP contribution in [-0.4, -0.2) is 87.7 Å². The van der Waals surface area contributed by atoms with Crippen molar-refractivity contribution in [1.82, 2.24) is 29.5 Å². The molecule has 7 nitrogen and oxygen atoms in total. The third kappa shape index (κ3) is 4.27. The molecule has 0 N–H and O–H groups in total. The highest BCUT2D eigenvalue weighted by Gasteiger charge is 2.26. The molecule has 4 heterocycles. The molecule has 0 radical (unpaired) electrons. The summed E-state index contributed by atoms with van der Waals surface area (Å²) in [6.45, 7) is 10.9. The molecule has 3 aromatic rings. The molecular weight excluding hydrogens is 400 g/mol. The van der Waals surface area contributed by atoms with Gasteiger partial charge in [0.1, 0.15) is 0 Å². The van der Waals surface area contributed by atoms with E-state index in [1.807, 2.05) is 52.9 Å². The Bertz CT molecular complexity index is 1060. The summed E-state index contributed by atoms with van der Waals surface area (Å²) >= 11 is 0. The maximum absolute atomic E-state index is 13.6. The molecule has 32 heavy (non-hydrogen) atoms. The fraction of sp³-hybridized carbons (Fsp3) is 0.480. The van der Waals surface area contributed by atoms with E-state index < -0.39 is 0 Å². The summed E-state index contributed by atoms with van der Waals surface area (Å²) in [6.07, 6.45) is 4.46. The van der Waals surface area contributed by atoms with Gasteiger partial charge in [-0.1, -0.05) is 30.3 Å². The maximum atomic E-state index is 13.6. The molecule has 0 spiro atoms. The number of rotatable bonds is 6. The monoisotopic (exact) mass is 432 g/mol. The molecule has 5 rings (SSSR count). The van der Waals surface area contributed by atoms with Crippen LogP contribution in [-0.2, 0) is 6.54 Å². The molecule has 2 saturated heterocycles. The van der Waals surface area contributed by atoms with E-state index >= 15 is 0 Å². The SMILES string of the molecule is CCn1ncc2c(C(=O)N3CCN(CCN4CCCC4)CC3)cc(-c3ccccc3)nc21. The molecule has 7 heteroatoms. The lowest BCUT2D eigenvalue weighted by molar-refractivity contribution is 0.0628. The van der Waals surface area contributed by atoms with Crippen LogP contribution in [0.1, 0.15) is 30.1 Å². The normalized spacial score (nSPS) is 18.0. The number of pyridine rings is 1. The van der Waals surface area contributed by atoms with Crippen LogP contribution in [0.4, 0.5) is 0 Å². The highest BCUT2D eigenvalue weighted by Crippen LogP contribution is 2.26. The van der Waals surface area contributed by atoms with Gasteiger partial charge in [-0.3, -0.25) is 9.69 Å².